The maximum absolute atomic E-state index is 12.3. The fourth-order valence-electron chi connectivity index (χ4n) is 4.09. The van der Waals surface area contributed by atoms with Crippen molar-refractivity contribution in [3.05, 3.63) is 24.3 Å². The molecule has 2 aliphatic rings. The van der Waals surface area contributed by atoms with Crippen LogP contribution >= 0.6 is 11.8 Å². The van der Waals surface area contributed by atoms with Crippen LogP contribution in [0, 0.1) is 0 Å². The summed E-state index contributed by atoms with van der Waals surface area (Å²) >= 11 is 1.26. The van der Waals surface area contributed by atoms with E-state index in [2.05, 4.69) is 20.8 Å². The molecule has 10 heteroatoms. The van der Waals surface area contributed by atoms with E-state index in [1.165, 1.54) is 11.8 Å². The zero-order chi connectivity index (χ0) is 22.3. The van der Waals surface area contributed by atoms with E-state index in [0.29, 0.717) is 17.5 Å². The number of carbonyl (C=O) groups is 2. The molecule has 1 aromatic heterocycles. The molecular weight excluding hydrogens is 430 g/mol. The summed E-state index contributed by atoms with van der Waals surface area (Å²) in [5.41, 5.74) is 0.906. The van der Waals surface area contributed by atoms with Crippen LogP contribution in [0.5, 0.6) is 5.75 Å². The first-order valence-electron chi connectivity index (χ1n) is 11.0. The molecule has 1 aliphatic heterocycles. The first kappa shape index (κ1) is 22.6. The van der Waals surface area contributed by atoms with E-state index in [0.717, 1.165) is 56.4 Å². The molecule has 0 radical (unpaired) electrons. The van der Waals surface area contributed by atoms with Gasteiger partial charge in [-0.25, -0.2) is 4.79 Å². The Kier molecular flexibility index (Phi) is 7.64. The number of rotatable bonds is 8. The molecule has 0 spiro atoms. The minimum absolute atomic E-state index is 0.0738. The van der Waals surface area contributed by atoms with Gasteiger partial charge in [0.05, 0.1) is 25.5 Å². The second-order valence-electron chi connectivity index (χ2n) is 8.07. The summed E-state index contributed by atoms with van der Waals surface area (Å²) in [5, 5.41) is 14.6. The predicted octanol–water partition coefficient (Wildman–Crippen LogP) is 2.99. The first-order valence-corrected chi connectivity index (χ1v) is 12.0. The summed E-state index contributed by atoms with van der Waals surface area (Å²) in [5.74, 6) is 1.19. The number of ether oxygens (including phenoxy) is 2. The van der Waals surface area contributed by atoms with Crippen molar-refractivity contribution in [3.63, 3.8) is 0 Å². The van der Waals surface area contributed by atoms with Gasteiger partial charge in [-0.05, 0) is 49.9 Å². The van der Waals surface area contributed by atoms with Gasteiger partial charge in [0.1, 0.15) is 5.75 Å². The lowest BCUT2D eigenvalue weighted by molar-refractivity contribution is -0.117. The van der Waals surface area contributed by atoms with Crippen LogP contribution in [-0.4, -0.2) is 58.3 Å². The van der Waals surface area contributed by atoms with E-state index in [-0.39, 0.29) is 23.8 Å². The highest BCUT2D eigenvalue weighted by Gasteiger charge is 2.23. The number of amides is 3. The minimum atomic E-state index is -0.428. The molecule has 3 amide bonds. The number of nitrogens with zero attached hydrogens (tertiary/aromatic N) is 3. The molecule has 2 N–H and O–H groups in total. The quantitative estimate of drug-likeness (QED) is 0.584. The third-order valence-electron chi connectivity index (χ3n) is 5.75. The maximum atomic E-state index is 12.3. The third kappa shape index (κ3) is 5.80. The topological polar surface area (TPSA) is 107 Å². The van der Waals surface area contributed by atoms with Gasteiger partial charge in [-0.2, -0.15) is 0 Å². The van der Waals surface area contributed by atoms with Gasteiger partial charge in [-0.1, -0.05) is 24.6 Å². The molecule has 32 heavy (non-hydrogen) atoms. The number of benzene rings is 1. The number of hydrogen-bond acceptors (Lipinski definition) is 7. The van der Waals surface area contributed by atoms with Crippen LogP contribution in [0.2, 0.25) is 0 Å². The minimum Gasteiger partial charge on any atom is -0.497 e. The standard InChI is InChI=1S/C22H29N5O4S/c1-30-17-10-8-15(9-11-17)20-25-26-22(27(20)13-18-7-4-12-31-18)32-14-19(28)24-21(29)23-16-5-2-3-6-16/h8-11,16,18H,2-7,12-14H2,1H3,(H2,23,24,28,29). The van der Waals surface area contributed by atoms with Gasteiger partial charge in [-0.3, -0.25) is 14.7 Å². The maximum Gasteiger partial charge on any atom is 0.321 e. The number of imide groups is 1. The third-order valence-corrected chi connectivity index (χ3v) is 6.72. The molecule has 1 saturated carbocycles. The normalized spacial score (nSPS) is 18.6. The molecule has 2 heterocycles. The van der Waals surface area contributed by atoms with Crippen molar-refractivity contribution >= 4 is 23.7 Å². The van der Waals surface area contributed by atoms with Gasteiger partial charge in [0, 0.05) is 18.2 Å². The van der Waals surface area contributed by atoms with Crippen LogP contribution in [0.4, 0.5) is 4.79 Å². The van der Waals surface area contributed by atoms with Gasteiger partial charge < -0.3 is 14.8 Å². The number of methoxy groups -OCH3 is 1. The molecule has 9 nitrogen and oxygen atoms in total. The van der Waals surface area contributed by atoms with E-state index in [1.54, 1.807) is 7.11 Å². The molecule has 1 aromatic carbocycles. The summed E-state index contributed by atoms with van der Waals surface area (Å²) < 4.78 is 13.0. The van der Waals surface area contributed by atoms with Crippen molar-refractivity contribution < 1.29 is 19.1 Å². The average Bonchev–Trinajstić information content (AvgIpc) is 3.56. The number of aromatic nitrogens is 3. The number of urea groups is 1. The summed E-state index contributed by atoms with van der Waals surface area (Å²) in [4.78, 5) is 24.4. The zero-order valence-corrected chi connectivity index (χ0v) is 19.0. The fourth-order valence-corrected chi connectivity index (χ4v) is 4.84. The van der Waals surface area contributed by atoms with E-state index < -0.39 is 6.03 Å². The summed E-state index contributed by atoms with van der Waals surface area (Å²) in [7, 11) is 1.63. The number of thioether (sulfide) groups is 1. The van der Waals surface area contributed by atoms with Crippen LogP contribution in [0.3, 0.4) is 0 Å². The van der Waals surface area contributed by atoms with Crippen molar-refractivity contribution in [2.45, 2.75) is 62.4 Å². The summed E-state index contributed by atoms with van der Waals surface area (Å²) in [6.45, 7) is 1.37. The van der Waals surface area contributed by atoms with Crippen molar-refractivity contribution in [1.29, 1.82) is 0 Å². The molecule has 1 unspecified atom stereocenters. The highest BCUT2D eigenvalue weighted by Crippen LogP contribution is 2.27. The Bertz CT molecular complexity index is 921. The average molecular weight is 460 g/mol. The Labute approximate surface area is 191 Å². The van der Waals surface area contributed by atoms with E-state index in [1.807, 2.05) is 28.8 Å². The summed E-state index contributed by atoms with van der Waals surface area (Å²) in [6.07, 6.45) is 6.27. The van der Waals surface area contributed by atoms with E-state index in [4.69, 9.17) is 9.47 Å². The van der Waals surface area contributed by atoms with Crippen LogP contribution in [-0.2, 0) is 16.1 Å². The lowest BCUT2D eigenvalue weighted by Gasteiger charge is -2.15. The fraction of sp³-hybridized carbons (Fsp3) is 0.545. The number of carbonyl (C=O) groups excluding carboxylic acids is 2. The van der Waals surface area contributed by atoms with Crippen LogP contribution in [0.15, 0.2) is 29.4 Å². The molecule has 2 fully saturated rings. The molecule has 172 valence electrons. The predicted molar refractivity (Wildman–Crippen MR) is 121 cm³/mol. The van der Waals surface area contributed by atoms with Crippen molar-refractivity contribution in [3.8, 4) is 17.1 Å². The van der Waals surface area contributed by atoms with Gasteiger partial charge in [0.25, 0.3) is 0 Å². The van der Waals surface area contributed by atoms with Crippen molar-refractivity contribution in [2.75, 3.05) is 19.5 Å². The Morgan fingerprint density at radius 1 is 1.16 bits per heavy atom. The number of nitrogens with one attached hydrogen (secondary N) is 2. The molecule has 2 aromatic rings. The molecular formula is C22H29N5O4S. The molecule has 4 rings (SSSR count). The van der Waals surface area contributed by atoms with Gasteiger partial charge >= 0.3 is 6.03 Å². The second kappa shape index (κ2) is 10.8. The smallest absolute Gasteiger partial charge is 0.321 e. The Morgan fingerprint density at radius 2 is 1.94 bits per heavy atom. The Hall–Kier alpha value is -2.59. The van der Waals surface area contributed by atoms with E-state index >= 15 is 0 Å². The Balaban J connectivity index is 1.41. The van der Waals surface area contributed by atoms with Crippen LogP contribution in [0.25, 0.3) is 11.4 Å². The van der Waals surface area contributed by atoms with Crippen molar-refractivity contribution in [2.24, 2.45) is 0 Å². The SMILES string of the molecule is COc1ccc(-c2nnc(SCC(=O)NC(=O)NC3CCCC3)n2CC2CCCO2)cc1. The zero-order valence-electron chi connectivity index (χ0n) is 18.2. The first-order chi connectivity index (χ1) is 15.6. The van der Waals surface area contributed by atoms with Gasteiger partial charge in [0.2, 0.25) is 5.91 Å². The largest absolute Gasteiger partial charge is 0.497 e. The summed E-state index contributed by atoms with van der Waals surface area (Å²) in [6, 6.07) is 7.36. The highest BCUT2D eigenvalue weighted by atomic mass is 32.2. The molecule has 1 aliphatic carbocycles. The molecule has 1 saturated heterocycles. The van der Waals surface area contributed by atoms with Crippen LogP contribution in [0.1, 0.15) is 38.5 Å². The molecule has 0 bridgehead atoms. The van der Waals surface area contributed by atoms with Gasteiger partial charge in [-0.15, -0.1) is 10.2 Å². The van der Waals surface area contributed by atoms with Crippen LogP contribution < -0.4 is 15.4 Å². The van der Waals surface area contributed by atoms with E-state index in [9.17, 15) is 9.59 Å². The van der Waals surface area contributed by atoms with Crippen molar-refractivity contribution in [1.82, 2.24) is 25.4 Å². The lowest BCUT2D eigenvalue weighted by atomic mass is 10.2. The number of hydrogen-bond donors (Lipinski definition) is 2. The second-order valence-corrected chi connectivity index (χ2v) is 9.01. The van der Waals surface area contributed by atoms with Gasteiger partial charge in [0.15, 0.2) is 11.0 Å². The highest BCUT2D eigenvalue weighted by molar-refractivity contribution is 7.99. The monoisotopic (exact) mass is 459 g/mol. The molecule has 1 atom stereocenters. The Morgan fingerprint density at radius 3 is 2.62 bits per heavy atom. The lowest BCUT2D eigenvalue weighted by Crippen LogP contribution is -2.44.